The molecule has 21 heavy (non-hydrogen) atoms. The Labute approximate surface area is 123 Å². The molecule has 2 heterocycles. The van der Waals surface area contributed by atoms with Crippen LogP contribution in [0.4, 0.5) is 0 Å². The van der Waals surface area contributed by atoms with Crippen molar-refractivity contribution >= 4 is 11.6 Å². The molecule has 1 aliphatic rings. The van der Waals surface area contributed by atoms with Crippen LogP contribution in [0.2, 0.25) is 0 Å². The molecule has 1 fully saturated rings. The molecule has 2 aromatic rings. The van der Waals surface area contributed by atoms with Crippen molar-refractivity contribution in [1.82, 2.24) is 19.9 Å². The van der Waals surface area contributed by atoms with Gasteiger partial charge in [0.05, 0.1) is 17.5 Å². The fourth-order valence-corrected chi connectivity index (χ4v) is 3.11. The maximum absolute atomic E-state index is 12.5. The van der Waals surface area contributed by atoms with Crippen molar-refractivity contribution in [1.29, 1.82) is 0 Å². The average Bonchev–Trinajstić information content (AvgIpc) is 2.92. The minimum absolute atomic E-state index is 0.0432. The quantitative estimate of drug-likeness (QED) is 0.886. The molecule has 112 valence electrons. The van der Waals surface area contributed by atoms with E-state index in [-0.39, 0.29) is 17.4 Å². The van der Waals surface area contributed by atoms with Gasteiger partial charge in [0, 0.05) is 18.3 Å². The lowest BCUT2D eigenvalue weighted by Gasteiger charge is -2.52. The normalized spacial score (nSPS) is 23.8. The van der Waals surface area contributed by atoms with Gasteiger partial charge < -0.3 is 11.1 Å². The van der Waals surface area contributed by atoms with Crippen molar-refractivity contribution < 1.29 is 4.79 Å². The number of rotatable bonds is 3. The second kappa shape index (κ2) is 4.80. The van der Waals surface area contributed by atoms with Crippen LogP contribution in [0.25, 0.3) is 5.65 Å². The van der Waals surface area contributed by atoms with Crippen LogP contribution in [0.3, 0.4) is 0 Å². The van der Waals surface area contributed by atoms with Crippen molar-refractivity contribution in [2.75, 3.05) is 6.54 Å². The monoisotopic (exact) mass is 287 g/mol. The summed E-state index contributed by atoms with van der Waals surface area (Å²) in [5.41, 5.74) is 7.91. The molecule has 2 unspecified atom stereocenters. The summed E-state index contributed by atoms with van der Waals surface area (Å²) in [6.07, 6.45) is 4.23. The molecule has 1 saturated carbocycles. The molecular formula is C15H21N5O. The number of nitrogens with one attached hydrogen (secondary N) is 1. The van der Waals surface area contributed by atoms with Gasteiger partial charge in [-0.25, -0.2) is 9.50 Å². The van der Waals surface area contributed by atoms with Gasteiger partial charge >= 0.3 is 0 Å². The molecule has 0 spiro atoms. The highest BCUT2D eigenvalue weighted by Crippen LogP contribution is 2.45. The van der Waals surface area contributed by atoms with Crippen molar-refractivity contribution in [3.63, 3.8) is 0 Å². The molecule has 6 heteroatoms. The van der Waals surface area contributed by atoms with E-state index in [1.165, 1.54) is 0 Å². The standard InChI is InChI=1S/C15H21N5O/c1-9-11(8-17-13-4-5-18-20(9)13)14(21)19-12-6-10(7-16)15(12,2)3/h4-5,8,10,12H,6-7,16H2,1-3H3,(H,19,21). The van der Waals surface area contributed by atoms with E-state index in [1.54, 1.807) is 16.9 Å². The molecule has 0 saturated heterocycles. The number of amides is 1. The van der Waals surface area contributed by atoms with Gasteiger partial charge in [-0.3, -0.25) is 4.79 Å². The molecule has 0 aliphatic heterocycles. The summed E-state index contributed by atoms with van der Waals surface area (Å²) in [5.74, 6) is 0.376. The summed E-state index contributed by atoms with van der Waals surface area (Å²) in [5, 5.41) is 7.30. The number of aryl methyl sites for hydroxylation is 1. The van der Waals surface area contributed by atoms with Gasteiger partial charge in [0.15, 0.2) is 5.65 Å². The highest BCUT2D eigenvalue weighted by Gasteiger charge is 2.47. The number of aromatic nitrogens is 3. The van der Waals surface area contributed by atoms with Gasteiger partial charge in [-0.2, -0.15) is 5.10 Å². The number of hydrogen-bond donors (Lipinski definition) is 2. The van der Waals surface area contributed by atoms with Crippen LogP contribution in [-0.4, -0.2) is 33.1 Å². The van der Waals surface area contributed by atoms with Crippen LogP contribution < -0.4 is 11.1 Å². The Hall–Kier alpha value is -1.95. The van der Waals surface area contributed by atoms with Crippen molar-refractivity contribution in [2.45, 2.75) is 33.2 Å². The maximum atomic E-state index is 12.5. The van der Waals surface area contributed by atoms with E-state index < -0.39 is 0 Å². The van der Waals surface area contributed by atoms with Crippen LogP contribution in [0.15, 0.2) is 18.5 Å². The Morgan fingerprint density at radius 1 is 1.57 bits per heavy atom. The largest absolute Gasteiger partial charge is 0.349 e. The molecule has 1 amide bonds. The number of nitrogens with two attached hydrogens (primary N) is 1. The summed E-state index contributed by atoms with van der Waals surface area (Å²) in [6.45, 7) is 6.85. The van der Waals surface area contributed by atoms with Gasteiger partial charge in [0.1, 0.15) is 0 Å². The zero-order chi connectivity index (χ0) is 15.2. The number of hydrogen-bond acceptors (Lipinski definition) is 4. The van der Waals surface area contributed by atoms with Crippen LogP contribution in [0.5, 0.6) is 0 Å². The van der Waals surface area contributed by atoms with Crippen molar-refractivity contribution in [2.24, 2.45) is 17.1 Å². The zero-order valence-electron chi connectivity index (χ0n) is 12.6. The first-order valence-corrected chi connectivity index (χ1v) is 7.25. The van der Waals surface area contributed by atoms with E-state index in [4.69, 9.17) is 5.73 Å². The minimum atomic E-state index is -0.0917. The van der Waals surface area contributed by atoms with Crippen molar-refractivity contribution in [3.05, 3.63) is 29.7 Å². The number of nitrogens with zero attached hydrogens (tertiary/aromatic N) is 3. The molecule has 6 nitrogen and oxygen atoms in total. The molecule has 0 radical (unpaired) electrons. The van der Waals surface area contributed by atoms with Gasteiger partial charge in [-0.1, -0.05) is 13.8 Å². The number of carbonyl (C=O) groups excluding carboxylic acids is 1. The lowest BCUT2D eigenvalue weighted by molar-refractivity contribution is 0.0199. The highest BCUT2D eigenvalue weighted by molar-refractivity contribution is 5.95. The second-order valence-corrected chi connectivity index (χ2v) is 6.37. The topological polar surface area (TPSA) is 85.3 Å². The van der Waals surface area contributed by atoms with E-state index in [0.717, 1.165) is 17.8 Å². The summed E-state index contributed by atoms with van der Waals surface area (Å²) in [6, 6.07) is 1.97. The SMILES string of the molecule is Cc1c(C(=O)NC2CC(CN)C2(C)C)cnc2ccnn12. The molecule has 0 aromatic carbocycles. The number of carbonyl (C=O) groups is 1. The first-order valence-electron chi connectivity index (χ1n) is 7.25. The van der Waals surface area contributed by atoms with Gasteiger partial charge in [-0.05, 0) is 31.2 Å². The smallest absolute Gasteiger partial charge is 0.254 e. The molecular weight excluding hydrogens is 266 g/mol. The van der Waals surface area contributed by atoms with E-state index in [2.05, 4.69) is 29.2 Å². The van der Waals surface area contributed by atoms with Crippen LogP contribution in [-0.2, 0) is 0 Å². The zero-order valence-corrected chi connectivity index (χ0v) is 12.6. The van der Waals surface area contributed by atoms with Gasteiger partial charge in [0.2, 0.25) is 0 Å². The fourth-order valence-electron chi connectivity index (χ4n) is 3.11. The predicted octanol–water partition coefficient (Wildman–Crippen LogP) is 1.14. The second-order valence-electron chi connectivity index (χ2n) is 6.37. The molecule has 1 aliphatic carbocycles. The third kappa shape index (κ3) is 2.10. The Morgan fingerprint density at radius 2 is 2.33 bits per heavy atom. The van der Waals surface area contributed by atoms with Gasteiger partial charge in [0.25, 0.3) is 5.91 Å². The average molecular weight is 287 g/mol. The minimum Gasteiger partial charge on any atom is -0.349 e. The van der Waals surface area contributed by atoms with Crippen molar-refractivity contribution in [3.8, 4) is 0 Å². The maximum Gasteiger partial charge on any atom is 0.254 e. The lowest BCUT2D eigenvalue weighted by Crippen LogP contribution is -2.60. The van der Waals surface area contributed by atoms with E-state index in [1.807, 2.05) is 13.0 Å². The molecule has 3 rings (SSSR count). The molecule has 0 bridgehead atoms. The Bertz CT molecular complexity index is 690. The Morgan fingerprint density at radius 3 is 3.00 bits per heavy atom. The summed E-state index contributed by atoms with van der Waals surface area (Å²) in [4.78, 5) is 16.8. The van der Waals surface area contributed by atoms with E-state index in [9.17, 15) is 4.79 Å². The number of fused-ring (bicyclic) bond motifs is 1. The first-order chi connectivity index (χ1) is 9.95. The van der Waals surface area contributed by atoms with E-state index >= 15 is 0 Å². The Kier molecular flexibility index (Phi) is 3.20. The van der Waals surface area contributed by atoms with Crippen LogP contribution in [0.1, 0.15) is 36.3 Å². The third-order valence-corrected chi connectivity index (χ3v) is 4.96. The van der Waals surface area contributed by atoms with E-state index in [0.29, 0.717) is 18.0 Å². The molecule has 2 atom stereocenters. The summed E-state index contributed by atoms with van der Waals surface area (Å²) in [7, 11) is 0. The van der Waals surface area contributed by atoms with Gasteiger partial charge in [-0.15, -0.1) is 0 Å². The third-order valence-electron chi connectivity index (χ3n) is 4.96. The van der Waals surface area contributed by atoms with Crippen LogP contribution >= 0.6 is 0 Å². The van der Waals surface area contributed by atoms with Crippen LogP contribution in [0, 0.1) is 18.3 Å². The summed E-state index contributed by atoms with van der Waals surface area (Å²) < 4.78 is 1.68. The molecule has 2 aromatic heterocycles. The predicted molar refractivity (Wildman–Crippen MR) is 79.9 cm³/mol. The highest BCUT2D eigenvalue weighted by atomic mass is 16.1. The Balaban J connectivity index is 1.80. The lowest BCUT2D eigenvalue weighted by atomic mass is 9.58. The fraction of sp³-hybridized carbons (Fsp3) is 0.533. The first kappa shape index (κ1) is 14.0. The molecule has 3 N–H and O–H groups in total. The summed E-state index contributed by atoms with van der Waals surface area (Å²) >= 11 is 0.